The topological polar surface area (TPSA) is 113 Å². The predicted octanol–water partition coefficient (Wildman–Crippen LogP) is 3.51. The summed E-state index contributed by atoms with van der Waals surface area (Å²) < 4.78 is 56.1. The maximum absolute atomic E-state index is 13.8. The molecule has 38 heavy (non-hydrogen) atoms. The van der Waals surface area contributed by atoms with Crippen molar-refractivity contribution in [3.63, 3.8) is 0 Å². The largest absolute Gasteiger partial charge is 0.354 e. The van der Waals surface area contributed by atoms with Crippen molar-refractivity contribution >= 4 is 26.0 Å². The number of carbonyl (C=O) groups is 1. The molecule has 8 nitrogen and oxygen atoms in total. The minimum atomic E-state index is -4.01. The van der Waals surface area contributed by atoms with Gasteiger partial charge >= 0.3 is 0 Å². The Labute approximate surface area is 226 Å². The number of amides is 1. The molecule has 0 radical (unpaired) electrons. The second-order valence-corrected chi connectivity index (χ2v) is 13.2. The zero-order valence-electron chi connectivity index (χ0n) is 22.4. The molecule has 1 amide bonds. The van der Waals surface area contributed by atoms with Crippen LogP contribution in [0.5, 0.6) is 0 Å². The summed E-state index contributed by atoms with van der Waals surface area (Å²) in [5.74, 6) is -0.530. The first-order chi connectivity index (χ1) is 17.8. The van der Waals surface area contributed by atoms with Crippen molar-refractivity contribution in [2.45, 2.75) is 51.0 Å². The van der Waals surface area contributed by atoms with Crippen LogP contribution in [-0.4, -0.2) is 46.7 Å². The summed E-state index contributed by atoms with van der Waals surface area (Å²) in [7, 11) is -7.74. The van der Waals surface area contributed by atoms with Gasteiger partial charge in [-0.1, -0.05) is 65.2 Å². The number of sulfonamides is 2. The smallest absolute Gasteiger partial charge is 0.244 e. The summed E-state index contributed by atoms with van der Waals surface area (Å²) in [6.07, 6.45) is 0. The molecule has 0 unspecified atom stereocenters. The Kier molecular flexibility index (Phi) is 9.48. The summed E-state index contributed by atoms with van der Waals surface area (Å²) in [5.41, 5.74) is 4.91. The first-order valence-corrected chi connectivity index (χ1v) is 15.2. The third kappa shape index (κ3) is 7.50. The third-order valence-electron chi connectivity index (χ3n) is 6.07. The average molecular weight is 558 g/mol. The van der Waals surface area contributed by atoms with E-state index in [0.29, 0.717) is 11.1 Å². The molecule has 0 aromatic heterocycles. The molecule has 3 aromatic carbocycles. The summed E-state index contributed by atoms with van der Waals surface area (Å²) in [6.45, 7) is 8.78. The van der Waals surface area contributed by atoms with Crippen molar-refractivity contribution in [2.75, 3.05) is 19.6 Å². The molecule has 10 heteroatoms. The molecule has 0 aliphatic rings. The fourth-order valence-corrected chi connectivity index (χ4v) is 7.06. The van der Waals surface area contributed by atoms with Gasteiger partial charge in [0, 0.05) is 19.6 Å². The molecule has 2 N–H and O–H groups in total. The number of nitrogens with one attached hydrogen (secondary N) is 2. The van der Waals surface area contributed by atoms with Crippen LogP contribution in [0.15, 0.2) is 70.5 Å². The number of rotatable bonds is 11. The Morgan fingerprint density at radius 1 is 0.737 bits per heavy atom. The van der Waals surface area contributed by atoms with Gasteiger partial charge in [0.2, 0.25) is 26.0 Å². The number of carbonyl (C=O) groups excluding carboxylic acids is 1. The van der Waals surface area contributed by atoms with Gasteiger partial charge in [-0.3, -0.25) is 4.79 Å². The minimum absolute atomic E-state index is 0.00489. The summed E-state index contributed by atoms with van der Waals surface area (Å²) in [5, 5.41) is 2.63. The molecule has 0 aliphatic carbocycles. The standard InChI is InChI=1S/C28H35N3O5S2/c1-20-6-10-25(11-7-20)18-31(38(35,36)28-23(4)16-22(3)17-24(28)5)19-27(32)29-14-15-30-37(33,34)26-12-8-21(2)9-13-26/h6-13,16-17,30H,14-15,18-19H2,1-5H3,(H,29,32). The van der Waals surface area contributed by atoms with Crippen molar-refractivity contribution in [3.8, 4) is 0 Å². The lowest BCUT2D eigenvalue weighted by molar-refractivity contribution is -0.121. The van der Waals surface area contributed by atoms with E-state index in [1.54, 1.807) is 26.0 Å². The molecule has 0 saturated heterocycles. The van der Waals surface area contributed by atoms with Gasteiger partial charge < -0.3 is 5.32 Å². The van der Waals surface area contributed by atoms with Crippen LogP contribution in [0, 0.1) is 34.6 Å². The molecule has 3 aromatic rings. The van der Waals surface area contributed by atoms with Crippen LogP contribution >= 0.6 is 0 Å². The van der Waals surface area contributed by atoms with E-state index in [-0.39, 0.29) is 29.4 Å². The van der Waals surface area contributed by atoms with E-state index in [9.17, 15) is 21.6 Å². The Morgan fingerprint density at radius 2 is 1.26 bits per heavy atom. The van der Waals surface area contributed by atoms with Crippen LogP contribution in [0.3, 0.4) is 0 Å². The van der Waals surface area contributed by atoms with Gasteiger partial charge in [0.25, 0.3) is 0 Å². The van der Waals surface area contributed by atoms with Gasteiger partial charge in [-0.25, -0.2) is 21.6 Å². The van der Waals surface area contributed by atoms with Gasteiger partial charge in [-0.15, -0.1) is 0 Å². The SMILES string of the molecule is Cc1ccc(CN(CC(=O)NCCNS(=O)(=O)c2ccc(C)cc2)S(=O)(=O)c2c(C)cc(C)cc2C)cc1. The van der Waals surface area contributed by atoms with Crippen LogP contribution in [0.4, 0.5) is 0 Å². The van der Waals surface area contributed by atoms with Gasteiger partial charge in [-0.05, 0) is 63.4 Å². The molecule has 0 spiro atoms. The normalized spacial score (nSPS) is 12.1. The Morgan fingerprint density at radius 3 is 1.82 bits per heavy atom. The van der Waals surface area contributed by atoms with Crippen LogP contribution in [0.1, 0.15) is 33.4 Å². The maximum Gasteiger partial charge on any atom is 0.244 e. The van der Waals surface area contributed by atoms with Gasteiger partial charge in [0.05, 0.1) is 16.3 Å². The fourth-order valence-electron chi connectivity index (χ4n) is 4.23. The van der Waals surface area contributed by atoms with Gasteiger partial charge in [-0.2, -0.15) is 4.31 Å². The third-order valence-corrected chi connectivity index (χ3v) is 9.65. The second-order valence-electron chi connectivity index (χ2n) is 9.55. The quantitative estimate of drug-likeness (QED) is 0.351. The summed E-state index contributed by atoms with van der Waals surface area (Å²) in [4.78, 5) is 13.2. The van der Waals surface area contributed by atoms with Crippen molar-refractivity contribution in [3.05, 3.63) is 94.0 Å². The van der Waals surface area contributed by atoms with Crippen molar-refractivity contribution in [1.29, 1.82) is 0 Å². The van der Waals surface area contributed by atoms with E-state index in [1.165, 1.54) is 12.1 Å². The van der Waals surface area contributed by atoms with Gasteiger partial charge in [0.15, 0.2) is 0 Å². The summed E-state index contributed by atoms with van der Waals surface area (Å²) in [6, 6.07) is 17.5. The molecular weight excluding hydrogens is 522 g/mol. The zero-order chi connectivity index (χ0) is 28.1. The van der Waals surface area contributed by atoms with Gasteiger partial charge in [0.1, 0.15) is 0 Å². The molecular formula is C28H35N3O5S2. The van der Waals surface area contributed by atoms with E-state index in [1.807, 2.05) is 57.2 Å². The fraction of sp³-hybridized carbons (Fsp3) is 0.321. The highest BCUT2D eigenvalue weighted by Gasteiger charge is 2.30. The summed E-state index contributed by atoms with van der Waals surface area (Å²) >= 11 is 0. The average Bonchev–Trinajstić information content (AvgIpc) is 2.82. The number of hydrogen-bond donors (Lipinski definition) is 2. The maximum atomic E-state index is 13.8. The molecule has 0 saturated carbocycles. The van der Waals surface area contributed by atoms with E-state index in [4.69, 9.17) is 0 Å². The van der Waals surface area contributed by atoms with Crippen LogP contribution in [-0.2, 0) is 31.4 Å². The predicted molar refractivity (Wildman–Crippen MR) is 149 cm³/mol. The Hall–Kier alpha value is -3.05. The van der Waals surface area contributed by atoms with Crippen LogP contribution in [0.2, 0.25) is 0 Å². The first-order valence-electron chi connectivity index (χ1n) is 12.3. The molecule has 3 rings (SSSR count). The van der Waals surface area contributed by atoms with Crippen molar-refractivity contribution in [2.24, 2.45) is 0 Å². The molecule has 204 valence electrons. The second kappa shape index (κ2) is 12.2. The molecule has 0 atom stereocenters. The first kappa shape index (κ1) is 29.5. The van der Waals surface area contributed by atoms with E-state index < -0.39 is 32.5 Å². The van der Waals surface area contributed by atoms with E-state index in [2.05, 4.69) is 10.0 Å². The molecule has 0 bridgehead atoms. The lowest BCUT2D eigenvalue weighted by Crippen LogP contribution is -2.42. The molecule has 0 heterocycles. The number of hydrogen-bond acceptors (Lipinski definition) is 5. The van der Waals surface area contributed by atoms with Crippen molar-refractivity contribution in [1.82, 2.24) is 14.3 Å². The van der Waals surface area contributed by atoms with E-state index in [0.717, 1.165) is 26.6 Å². The van der Waals surface area contributed by atoms with Crippen LogP contribution in [0.25, 0.3) is 0 Å². The highest BCUT2D eigenvalue weighted by Crippen LogP contribution is 2.26. The highest BCUT2D eigenvalue weighted by atomic mass is 32.2. The lowest BCUT2D eigenvalue weighted by Gasteiger charge is -2.24. The van der Waals surface area contributed by atoms with Crippen LogP contribution < -0.4 is 10.0 Å². The molecule has 0 fully saturated rings. The Bertz CT molecular complexity index is 1480. The Balaban J connectivity index is 1.73. The number of benzene rings is 3. The monoisotopic (exact) mass is 557 g/mol. The van der Waals surface area contributed by atoms with Crippen molar-refractivity contribution < 1.29 is 21.6 Å². The number of aryl methyl sites for hydroxylation is 5. The highest BCUT2D eigenvalue weighted by molar-refractivity contribution is 7.89. The zero-order valence-corrected chi connectivity index (χ0v) is 24.0. The van der Waals surface area contributed by atoms with E-state index >= 15 is 0 Å². The lowest BCUT2D eigenvalue weighted by atomic mass is 10.1. The molecule has 0 aliphatic heterocycles. The minimum Gasteiger partial charge on any atom is -0.354 e. The number of nitrogens with zero attached hydrogens (tertiary/aromatic N) is 1.